The van der Waals surface area contributed by atoms with E-state index in [2.05, 4.69) is 10.3 Å². The van der Waals surface area contributed by atoms with E-state index in [1.54, 1.807) is 26.4 Å². The number of anilines is 2. The Balaban J connectivity index is 2.11. The van der Waals surface area contributed by atoms with Gasteiger partial charge in [0.15, 0.2) is 17.2 Å². The molecule has 0 unspecified atom stereocenters. The van der Waals surface area contributed by atoms with Crippen molar-refractivity contribution in [3.8, 4) is 17.6 Å². The molecule has 6 heteroatoms. The second-order valence-electron chi connectivity index (χ2n) is 4.29. The predicted molar refractivity (Wildman–Crippen MR) is 80.2 cm³/mol. The van der Waals surface area contributed by atoms with Crippen molar-refractivity contribution in [2.24, 2.45) is 0 Å². The van der Waals surface area contributed by atoms with Crippen LogP contribution in [0.4, 0.5) is 11.5 Å². The number of benzene rings is 1. The van der Waals surface area contributed by atoms with Crippen LogP contribution in [-0.4, -0.2) is 19.2 Å². The summed E-state index contributed by atoms with van der Waals surface area (Å²) in [6.45, 7) is 0.544. The van der Waals surface area contributed by atoms with Gasteiger partial charge in [0, 0.05) is 6.54 Å². The fraction of sp³-hybridized carbons (Fsp3) is 0.200. The molecule has 108 valence electrons. The number of nitrogens with one attached hydrogen (secondary N) is 1. The van der Waals surface area contributed by atoms with Gasteiger partial charge in [-0.2, -0.15) is 5.26 Å². The van der Waals surface area contributed by atoms with Gasteiger partial charge in [-0.1, -0.05) is 6.07 Å². The van der Waals surface area contributed by atoms with E-state index in [-0.39, 0.29) is 5.69 Å². The molecule has 21 heavy (non-hydrogen) atoms. The van der Waals surface area contributed by atoms with E-state index in [0.29, 0.717) is 29.5 Å². The summed E-state index contributed by atoms with van der Waals surface area (Å²) in [6, 6.07) is 11.0. The first-order chi connectivity index (χ1) is 10.2. The number of aromatic nitrogens is 1. The van der Waals surface area contributed by atoms with E-state index < -0.39 is 0 Å². The molecule has 0 radical (unpaired) electrons. The number of nitrogen functional groups attached to an aromatic ring is 1. The van der Waals surface area contributed by atoms with Crippen LogP contribution in [-0.2, 0) is 6.54 Å². The average molecular weight is 284 g/mol. The molecule has 1 heterocycles. The van der Waals surface area contributed by atoms with E-state index in [1.165, 1.54) is 0 Å². The first-order valence-electron chi connectivity index (χ1n) is 6.29. The zero-order valence-electron chi connectivity index (χ0n) is 11.9. The van der Waals surface area contributed by atoms with Crippen molar-refractivity contribution in [1.29, 1.82) is 5.26 Å². The highest BCUT2D eigenvalue weighted by molar-refractivity contribution is 5.54. The van der Waals surface area contributed by atoms with Gasteiger partial charge in [0.1, 0.15) is 11.9 Å². The SMILES string of the molecule is COc1ccc(CNc2ccc(N)c(C#N)n2)cc1OC. The molecule has 3 N–H and O–H groups in total. The molecule has 6 nitrogen and oxygen atoms in total. The maximum absolute atomic E-state index is 8.90. The topological polar surface area (TPSA) is 93.2 Å². The fourth-order valence-electron chi connectivity index (χ4n) is 1.84. The molecule has 2 rings (SSSR count). The Morgan fingerprint density at radius 3 is 2.62 bits per heavy atom. The van der Waals surface area contributed by atoms with E-state index in [4.69, 9.17) is 20.5 Å². The quantitative estimate of drug-likeness (QED) is 0.874. The van der Waals surface area contributed by atoms with Crippen LogP contribution in [0.1, 0.15) is 11.3 Å². The number of hydrogen-bond donors (Lipinski definition) is 2. The van der Waals surface area contributed by atoms with Crippen molar-refractivity contribution in [2.45, 2.75) is 6.54 Å². The van der Waals surface area contributed by atoms with Crippen LogP contribution in [0.2, 0.25) is 0 Å². The Hall–Kier alpha value is -2.94. The third kappa shape index (κ3) is 3.34. The number of rotatable bonds is 5. The molecule has 0 aliphatic rings. The number of methoxy groups -OCH3 is 2. The molecule has 0 atom stereocenters. The van der Waals surface area contributed by atoms with E-state index in [0.717, 1.165) is 5.56 Å². The van der Waals surface area contributed by atoms with Crippen molar-refractivity contribution in [2.75, 3.05) is 25.3 Å². The molecule has 2 aromatic rings. The first kappa shape index (κ1) is 14.5. The highest BCUT2D eigenvalue weighted by atomic mass is 16.5. The number of pyridine rings is 1. The maximum atomic E-state index is 8.90. The van der Waals surface area contributed by atoms with Gasteiger partial charge in [-0.25, -0.2) is 4.98 Å². The second kappa shape index (κ2) is 6.48. The first-order valence-corrected chi connectivity index (χ1v) is 6.29. The Kier molecular flexibility index (Phi) is 4.46. The minimum absolute atomic E-state index is 0.215. The van der Waals surface area contributed by atoms with Crippen LogP contribution in [0.5, 0.6) is 11.5 Å². The van der Waals surface area contributed by atoms with Gasteiger partial charge in [-0.15, -0.1) is 0 Å². The van der Waals surface area contributed by atoms with E-state index >= 15 is 0 Å². The Morgan fingerprint density at radius 2 is 1.95 bits per heavy atom. The Bertz CT molecular complexity index is 680. The summed E-state index contributed by atoms with van der Waals surface area (Å²) in [7, 11) is 3.19. The van der Waals surface area contributed by atoms with Gasteiger partial charge in [-0.05, 0) is 29.8 Å². The highest BCUT2D eigenvalue weighted by Gasteiger charge is 2.05. The molecule has 1 aromatic heterocycles. The lowest BCUT2D eigenvalue weighted by atomic mass is 10.2. The molecule has 1 aromatic carbocycles. The number of hydrogen-bond acceptors (Lipinski definition) is 6. The Morgan fingerprint density at radius 1 is 1.19 bits per heavy atom. The van der Waals surface area contributed by atoms with Crippen molar-refractivity contribution in [3.05, 3.63) is 41.6 Å². The molecular weight excluding hydrogens is 268 g/mol. The number of ether oxygens (including phenoxy) is 2. The summed E-state index contributed by atoms with van der Waals surface area (Å²) < 4.78 is 10.4. The number of nitrogens with two attached hydrogens (primary N) is 1. The number of nitriles is 1. The lowest BCUT2D eigenvalue weighted by Crippen LogP contribution is -2.04. The average Bonchev–Trinajstić information content (AvgIpc) is 2.53. The lowest BCUT2D eigenvalue weighted by molar-refractivity contribution is 0.354. The minimum Gasteiger partial charge on any atom is -0.493 e. The standard InChI is InChI=1S/C15H16N4O2/c1-20-13-5-3-10(7-14(13)21-2)9-18-15-6-4-11(17)12(8-16)19-15/h3-7H,9,17H2,1-2H3,(H,18,19). The zero-order valence-corrected chi connectivity index (χ0v) is 11.9. The second-order valence-corrected chi connectivity index (χ2v) is 4.29. The third-order valence-electron chi connectivity index (χ3n) is 2.95. The van der Waals surface area contributed by atoms with Gasteiger partial charge >= 0.3 is 0 Å². The normalized spacial score (nSPS) is 9.76. The maximum Gasteiger partial charge on any atom is 0.165 e. The Labute approximate surface area is 123 Å². The summed E-state index contributed by atoms with van der Waals surface area (Å²) in [5.74, 6) is 1.94. The minimum atomic E-state index is 0.215. The molecule has 0 aliphatic heterocycles. The summed E-state index contributed by atoms with van der Waals surface area (Å²) in [6.07, 6.45) is 0. The number of nitrogens with zero attached hydrogens (tertiary/aromatic N) is 2. The molecule has 0 fully saturated rings. The largest absolute Gasteiger partial charge is 0.493 e. The molecular formula is C15H16N4O2. The summed E-state index contributed by atoms with van der Waals surface area (Å²) in [5.41, 5.74) is 7.22. The van der Waals surface area contributed by atoms with Gasteiger partial charge in [0.2, 0.25) is 0 Å². The van der Waals surface area contributed by atoms with Crippen molar-refractivity contribution >= 4 is 11.5 Å². The molecule has 0 bridgehead atoms. The van der Waals surface area contributed by atoms with E-state index in [1.807, 2.05) is 24.3 Å². The summed E-state index contributed by atoms with van der Waals surface area (Å²) in [4.78, 5) is 4.13. The van der Waals surface area contributed by atoms with Crippen LogP contribution in [0.15, 0.2) is 30.3 Å². The van der Waals surface area contributed by atoms with Gasteiger partial charge < -0.3 is 20.5 Å². The van der Waals surface area contributed by atoms with Crippen LogP contribution in [0, 0.1) is 11.3 Å². The zero-order chi connectivity index (χ0) is 15.2. The van der Waals surface area contributed by atoms with Gasteiger partial charge in [0.25, 0.3) is 0 Å². The molecule has 0 aliphatic carbocycles. The smallest absolute Gasteiger partial charge is 0.165 e. The van der Waals surface area contributed by atoms with Crippen LogP contribution in [0.25, 0.3) is 0 Å². The molecule has 0 saturated carbocycles. The fourth-order valence-corrected chi connectivity index (χ4v) is 1.84. The van der Waals surface area contributed by atoms with Crippen LogP contribution in [0.3, 0.4) is 0 Å². The molecule has 0 spiro atoms. The highest BCUT2D eigenvalue weighted by Crippen LogP contribution is 2.27. The molecule has 0 amide bonds. The lowest BCUT2D eigenvalue weighted by Gasteiger charge is -2.11. The summed E-state index contributed by atoms with van der Waals surface area (Å²) in [5, 5.41) is 12.0. The van der Waals surface area contributed by atoms with Crippen LogP contribution >= 0.6 is 0 Å². The third-order valence-corrected chi connectivity index (χ3v) is 2.95. The summed E-state index contributed by atoms with van der Waals surface area (Å²) >= 11 is 0. The molecule has 0 saturated heterocycles. The van der Waals surface area contributed by atoms with E-state index in [9.17, 15) is 0 Å². The monoisotopic (exact) mass is 284 g/mol. The van der Waals surface area contributed by atoms with Crippen LogP contribution < -0.4 is 20.5 Å². The predicted octanol–water partition coefficient (Wildman–Crippen LogP) is 2.16. The van der Waals surface area contributed by atoms with Gasteiger partial charge in [0.05, 0.1) is 19.9 Å². The van der Waals surface area contributed by atoms with Crippen molar-refractivity contribution in [3.63, 3.8) is 0 Å². The van der Waals surface area contributed by atoms with Crippen molar-refractivity contribution in [1.82, 2.24) is 4.98 Å². The van der Waals surface area contributed by atoms with Gasteiger partial charge in [-0.3, -0.25) is 0 Å². The van der Waals surface area contributed by atoms with Crippen molar-refractivity contribution < 1.29 is 9.47 Å².